The zero-order chi connectivity index (χ0) is 35.8. The molecule has 0 saturated heterocycles. The van der Waals surface area contributed by atoms with E-state index in [-0.39, 0.29) is 5.41 Å². The van der Waals surface area contributed by atoms with Gasteiger partial charge in [-0.05, 0) is 127 Å². The van der Waals surface area contributed by atoms with Crippen LogP contribution in [0, 0.1) is 23.7 Å². The average molecular weight is 709 g/mol. The number of nitrogens with zero attached hydrogens (tertiary/aromatic N) is 2. The van der Waals surface area contributed by atoms with E-state index in [0.29, 0.717) is 0 Å². The fraction of sp³-hybridized carbons (Fsp3) is 0.192. The maximum Gasteiger partial charge on any atom is 0.143 e. The second-order valence-electron chi connectivity index (χ2n) is 16.9. The lowest BCUT2D eigenvalue weighted by molar-refractivity contribution is -0.0419. The predicted octanol–water partition coefficient (Wildman–Crippen LogP) is 13.9. The van der Waals surface area contributed by atoms with Crippen LogP contribution in [0.25, 0.3) is 60.6 Å². The summed E-state index contributed by atoms with van der Waals surface area (Å²) in [7, 11) is 0. The molecule has 3 heterocycles. The Kier molecular flexibility index (Phi) is 6.06. The molecule has 4 saturated carbocycles. The Morgan fingerprint density at radius 3 is 1.76 bits per heavy atom. The van der Waals surface area contributed by atoms with Gasteiger partial charge in [0.15, 0.2) is 0 Å². The average Bonchev–Trinajstić information content (AvgIpc) is 3.77. The first-order valence-corrected chi connectivity index (χ1v) is 20.3. The molecule has 1 aliphatic heterocycles. The third kappa shape index (κ3) is 4.01. The van der Waals surface area contributed by atoms with Crippen molar-refractivity contribution in [2.75, 3.05) is 4.90 Å². The summed E-state index contributed by atoms with van der Waals surface area (Å²) in [4.78, 5) is 2.56. The molecule has 4 bridgehead atoms. The predicted molar refractivity (Wildman–Crippen MR) is 226 cm³/mol. The van der Waals surface area contributed by atoms with E-state index in [2.05, 4.69) is 167 Å². The summed E-state index contributed by atoms with van der Waals surface area (Å²) < 4.78 is 9.18. The molecule has 9 aromatic rings. The Morgan fingerprint density at radius 1 is 0.473 bits per heavy atom. The fourth-order valence-electron chi connectivity index (χ4n) is 12.6. The summed E-state index contributed by atoms with van der Waals surface area (Å²) in [5.41, 5.74) is 14.8. The Hall–Kier alpha value is -6.06. The highest BCUT2D eigenvalue weighted by Crippen LogP contribution is 2.69. The van der Waals surface area contributed by atoms with Crippen LogP contribution in [0.15, 0.2) is 162 Å². The SMILES string of the molecule is c1cc(-c2cccc3c2oc2ccc(-n4c5ccccc5c5ccccc54)cc23)cc(N2c3ccccc3C3(c4ccccc42)C2CC4C[C@H](C2)C[C@H]3C4)c1. The maximum atomic E-state index is 6.79. The molecule has 0 radical (unpaired) electrons. The third-order valence-corrected chi connectivity index (χ3v) is 14.3. The summed E-state index contributed by atoms with van der Waals surface area (Å²) in [6.07, 6.45) is 6.99. The lowest BCUT2D eigenvalue weighted by Crippen LogP contribution is -2.57. The number of fused-ring (bicyclic) bond motifs is 8. The fourth-order valence-corrected chi connectivity index (χ4v) is 12.6. The zero-order valence-electron chi connectivity index (χ0n) is 30.7. The minimum atomic E-state index is 0.104. The van der Waals surface area contributed by atoms with E-state index in [1.165, 1.54) is 71.0 Å². The van der Waals surface area contributed by atoms with Crippen molar-refractivity contribution >= 4 is 60.8 Å². The number of anilines is 3. The van der Waals surface area contributed by atoms with Gasteiger partial charge in [0.1, 0.15) is 11.2 Å². The second kappa shape index (κ2) is 11.0. The molecule has 2 aromatic heterocycles. The minimum Gasteiger partial charge on any atom is -0.455 e. The Labute approximate surface area is 320 Å². The van der Waals surface area contributed by atoms with E-state index in [4.69, 9.17) is 4.42 Å². The lowest BCUT2D eigenvalue weighted by Gasteiger charge is -2.64. The zero-order valence-corrected chi connectivity index (χ0v) is 30.7. The smallest absolute Gasteiger partial charge is 0.143 e. The molecule has 3 nitrogen and oxygen atoms in total. The molecule has 3 heteroatoms. The van der Waals surface area contributed by atoms with Crippen molar-refractivity contribution in [3.8, 4) is 16.8 Å². The molecular weight excluding hydrogens is 669 g/mol. The number of para-hydroxylation sites is 5. The van der Waals surface area contributed by atoms with E-state index >= 15 is 0 Å². The van der Waals surface area contributed by atoms with Gasteiger partial charge in [-0.3, -0.25) is 0 Å². The highest BCUT2D eigenvalue weighted by molar-refractivity contribution is 6.12. The molecule has 55 heavy (non-hydrogen) atoms. The van der Waals surface area contributed by atoms with Gasteiger partial charge in [-0.25, -0.2) is 0 Å². The van der Waals surface area contributed by atoms with Gasteiger partial charge in [-0.1, -0.05) is 103 Å². The van der Waals surface area contributed by atoms with Crippen LogP contribution in [0.1, 0.15) is 43.2 Å². The van der Waals surface area contributed by atoms with Gasteiger partial charge in [-0.15, -0.1) is 0 Å². The van der Waals surface area contributed by atoms with Gasteiger partial charge in [0.2, 0.25) is 0 Å². The highest BCUT2D eigenvalue weighted by Gasteiger charge is 2.61. The summed E-state index contributed by atoms with van der Waals surface area (Å²) in [5, 5.41) is 4.80. The molecule has 4 fully saturated rings. The quantitative estimate of drug-likeness (QED) is 0.182. The molecule has 1 spiro atoms. The first-order valence-electron chi connectivity index (χ1n) is 20.3. The Morgan fingerprint density at radius 2 is 1.07 bits per heavy atom. The largest absolute Gasteiger partial charge is 0.455 e. The molecule has 5 aliphatic rings. The molecule has 14 rings (SSSR count). The summed E-state index contributed by atoms with van der Waals surface area (Å²) >= 11 is 0. The summed E-state index contributed by atoms with van der Waals surface area (Å²) in [5.74, 6) is 3.29. The first-order chi connectivity index (χ1) is 27.2. The van der Waals surface area contributed by atoms with Gasteiger partial charge in [0, 0.05) is 43.9 Å². The van der Waals surface area contributed by atoms with Crippen molar-refractivity contribution in [1.82, 2.24) is 4.57 Å². The first kappa shape index (κ1) is 30.3. The van der Waals surface area contributed by atoms with E-state index < -0.39 is 0 Å². The molecule has 264 valence electrons. The number of aromatic nitrogens is 1. The molecule has 7 aromatic carbocycles. The molecule has 4 aliphatic carbocycles. The summed E-state index contributed by atoms with van der Waals surface area (Å²) in [6.45, 7) is 0. The van der Waals surface area contributed by atoms with Gasteiger partial charge < -0.3 is 13.9 Å². The van der Waals surface area contributed by atoms with Crippen LogP contribution < -0.4 is 4.90 Å². The van der Waals surface area contributed by atoms with Crippen LogP contribution in [-0.2, 0) is 5.41 Å². The molecule has 0 N–H and O–H groups in total. The Balaban J connectivity index is 0.957. The maximum absolute atomic E-state index is 6.79. The van der Waals surface area contributed by atoms with Gasteiger partial charge in [0.05, 0.1) is 22.4 Å². The van der Waals surface area contributed by atoms with E-state index in [9.17, 15) is 0 Å². The van der Waals surface area contributed by atoms with Crippen LogP contribution in [0.5, 0.6) is 0 Å². The van der Waals surface area contributed by atoms with E-state index in [1.54, 1.807) is 11.1 Å². The number of hydrogen-bond acceptors (Lipinski definition) is 2. The Bertz CT molecular complexity index is 2900. The third-order valence-electron chi connectivity index (χ3n) is 14.3. The molecule has 0 atom stereocenters. The van der Waals surface area contributed by atoms with Crippen LogP contribution in [0.4, 0.5) is 17.1 Å². The second-order valence-corrected chi connectivity index (χ2v) is 16.9. The van der Waals surface area contributed by atoms with Crippen molar-refractivity contribution in [3.05, 3.63) is 169 Å². The lowest BCUT2D eigenvalue weighted by atomic mass is 9.41. The minimum absolute atomic E-state index is 0.104. The van der Waals surface area contributed by atoms with Crippen molar-refractivity contribution in [2.24, 2.45) is 23.7 Å². The number of rotatable bonds is 3. The van der Waals surface area contributed by atoms with Gasteiger partial charge >= 0.3 is 0 Å². The van der Waals surface area contributed by atoms with Crippen LogP contribution in [-0.4, -0.2) is 4.57 Å². The number of benzene rings is 7. The summed E-state index contributed by atoms with van der Waals surface area (Å²) in [6, 6.07) is 58.7. The number of furan rings is 1. The van der Waals surface area contributed by atoms with Crippen LogP contribution in [0.3, 0.4) is 0 Å². The highest BCUT2D eigenvalue weighted by atomic mass is 16.3. The van der Waals surface area contributed by atoms with Crippen LogP contribution in [0.2, 0.25) is 0 Å². The topological polar surface area (TPSA) is 21.3 Å². The van der Waals surface area contributed by atoms with Crippen LogP contribution >= 0.6 is 0 Å². The standard InChI is InChI=1S/C52H40N2O/c1-5-19-46-40(13-1)41-14-2-6-20-47(41)53(46)38-23-24-50-43(31-38)42-16-10-15-39(51(42)55-50)34-11-9-12-37(30-34)54-48-21-7-3-17-44(48)52(45-18-4-8-22-49(45)54)35-26-32-25-33(28-35)29-36(52)27-32/h1-24,30-33,35-36H,25-29H2/t32-,33?,35-,36?/m0/s1. The van der Waals surface area contributed by atoms with Crippen molar-refractivity contribution in [2.45, 2.75) is 37.5 Å². The molecule has 0 amide bonds. The molecule has 0 unspecified atom stereocenters. The molecular formula is C52H40N2O. The monoisotopic (exact) mass is 708 g/mol. The van der Waals surface area contributed by atoms with Gasteiger partial charge in [0.25, 0.3) is 0 Å². The van der Waals surface area contributed by atoms with E-state index in [1.807, 2.05) is 0 Å². The van der Waals surface area contributed by atoms with E-state index in [0.717, 1.165) is 62.4 Å². The van der Waals surface area contributed by atoms with Crippen molar-refractivity contribution < 1.29 is 4.42 Å². The number of hydrogen-bond donors (Lipinski definition) is 0. The normalized spacial score (nSPS) is 21.9. The van der Waals surface area contributed by atoms with Crippen molar-refractivity contribution in [3.63, 3.8) is 0 Å². The van der Waals surface area contributed by atoms with Gasteiger partial charge in [-0.2, -0.15) is 0 Å². The van der Waals surface area contributed by atoms with Crippen molar-refractivity contribution in [1.29, 1.82) is 0 Å².